The maximum atomic E-state index is 13.0. The average Bonchev–Trinajstić information content (AvgIpc) is 2.81. The van der Waals surface area contributed by atoms with Crippen LogP contribution in [0.5, 0.6) is 0 Å². The first-order valence-corrected chi connectivity index (χ1v) is 8.33. The minimum Gasteiger partial charge on any atom is -0.329 e. The Hall–Kier alpha value is -2.09. The van der Waals surface area contributed by atoms with Gasteiger partial charge in [-0.1, -0.05) is 30.7 Å². The van der Waals surface area contributed by atoms with Crippen molar-refractivity contribution in [2.45, 2.75) is 33.0 Å². The van der Waals surface area contributed by atoms with Crippen molar-refractivity contribution in [2.75, 3.05) is 13.1 Å². The molecule has 0 saturated heterocycles. The molecule has 1 aromatic carbocycles. The van der Waals surface area contributed by atoms with E-state index in [2.05, 4.69) is 5.10 Å². The van der Waals surface area contributed by atoms with E-state index in [-0.39, 0.29) is 29.5 Å². The van der Waals surface area contributed by atoms with Crippen LogP contribution in [-0.4, -0.2) is 39.9 Å². The molecule has 0 atom stereocenters. The molecule has 0 N–H and O–H groups in total. The highest BCUT2D eigenvalue weighted by atomic mass is 35.5. The maximum Gasteiger partial charge on any atom is 0.406 e. The number of rotatable bonds is 6. The first-order valence-electron chi connectivity index (χ1n) is 7.95. The summed E-state index contributed by atoms with van der Waals surface area (Å²) in [4.78, 5) is 13.3. The van der Waals surface area contributed by atoms with Crippen molar-refractivity contribution >= 4 is 17.5 Å². The average molecular weight is 392 g/mol. The molecule has 1 heterocycles. The van der Waals surface area contributed by atoms with Gasteiger partial charge in [0.1, 0.15) is 17.5 Å². The van der Waals surface area contributed by atoms with E-state index in [4.69, 9.17) is 11.6 Å². The second-order valence-corrected chi connectivity index (χ2v) is 6.24. The highest BCUT2D eigenvalue weighted by molar-refractivity contribution is 6.33. The summed E-state index contributed by atoms with van der Waals surface area (Å²) in [6, 6.07) is 5.63. The summed E-state index contributed by atoms with van der Waals surface area (Å²) < 4.78 is 52.6. The van der Waals surface area contributed by atoms with Crippen LogP contribution >= 0.6 is 11.6 Å². The molecule has 0 saturated carbocycles. The fraction of sp³-hybridized carbons (Fsp3) is 0.412. The van der Waals surface area contributed by atoms with E-state index in [0.717, 1.165) is 4.90 Å². The highest BCUT2D eigenvalue weighted by Gasteiger charge is 2.35. The number of hydrogen-bond donors (Lipinski definition) is 0. The van der Waals surface area contributed by atoms with Gasteiger partial charge >= 0.3 is 6.18 Å². The molecule has 26 heavy (non-hydrogen) atoms. The van der Waals surface area contributed by atoms with Crippen molar-refractivity contribution in [1.82, 2.24) is 14.7 Å². The van der Waals surface area contributed by atoms with Crippen LogP contribution in [0.1, 0.15) is 35.0 Å². The van der Waals surface area contributed by atoms with Gasteiger partial charge < -0.3 is 4.90 Å². The molecule has 0 aliphatic carbocycles. The van der Waals surface area contributed by atoms with Gasteiger partial charge in [0, 0.05) is 6.54 Å². The molecule has 1 aromatic heterocycles. The van der Waals surface area contributed by atoms with E-state index >= 15 is 0 Å². The summed E-state index contributed by atoms with van der Waals surface area (Å²) in [5.41, 5.74) is 0.882. The van der Waals surface area contributed by atoms with E-state index in [1.54, 1.807) is 6.92 Å². The Morgan fingerprint density at radius 1 is 1.27 bits per heavy atom. The molecule has 142 valence electrons. The number of benzene rings is 1. The summed E-state index contributed by atoms with van der Waals surface area (Å²) >= 11 is 6.22. The summed E-state index contributed by atoms with van der Waals surface area (Å²) in [7, 11) is 0. The van der Waals surface area contributed by atoms with Gasteiger partial charge in [0.15, 0.2) is 0 Å². The number of hydrogen-bond acceptors (Lipinski definition) is 2. The van der Waals surface area contributed by atoms with Crippen molar-refractivity contribution in [1.29, 1.82) is 0 Å². The third-order valence-electron chi connectivity index (χ3n) is 3.68. The Morgan fingerprint density at radius 3 is 2.42 bits per heavy atom. The number of carbonyl (C=O) groups is 1. The van der Waals surface area contributed by atoms with Gasteiger partial charge in [-0.3, -0.25) is 4.79 Å². The largest absolute Gasteiger partial charge is 0.406 e. The molecule has 1 amide bonds. The molecule has 0 aliphatic rings. The lowest BCUT2D eigenvalue weighted by Gasteiger charge is -2.23. The number of nitrogens with zero attached hydrogens (tertiary/aromatic N) is 3. The van der Waals surface area contributed by atoms with E-state index in [1.165, 1.54) is 35.9 Å². The minimum absolute atomic E-state index is 0.0416. The van der Waals surface area contributed by atoms with Crippen LogP contribution in [0.15, 0.2) is 24.3 Å². The predicted octanol–water partition coefficient (Wildman–Crippen LogP) is 4.45. The normalized spacial score (nSPS) is 11.7. The van der Waals surface area contributed by atoms with Gasteiger partial charge in [0.2, 0.25) is 0 Å². The molecule has 0 unspecified atom stereocenters. The van der Waals surface area contributed by atoms with Crippen molar-refractivity contribution < 1.29 is 22.4 Å². The van der Waals surface area contributed by atoms with Crippen molar-refractivity contribution in [2.24, 2.45) is 0 Å². The number of aromatic nitrogens is 2. The number of carbonyl (C=O) groups excluding carboxylic acids is 1. The first-order chi connectivity index (χ1) is 12.1. The third-order valence-corrected chi connectivity index (χ3v) is 4.06. The second kappa shape index (κ2) is 8.07. The van der Waals surface area contributed by atoms with Gasteiger partial charge in [-0.15, -0.1) is 0 Å². The lowest BCUT2D eigenvalue weighted by atomic mass is 10.2. The van der Waals surface area contributed by atoms with Gasteiger partial charge in [-0.25, -0.2) is 9.07 Å². The molecule has 0 radical (unpaired) electrons. The van der Waals surface area contributed by atoms with E-state index < -0.39 is 24.4 Å². The van der Waals surface area contributed by atoms with Crippen LogP contribution in [0.3, 0.4) is 0 Å². The Balaban J connectivity index is 2.29. The fourth-order valence-electron chi connectivity index (χ4n) is 2.56. The Morgan fingerprint density at radius 2 is 1.88 bits per heavy atom. The van der Waals surface area contributed by atoms with Crippen LogP contribution in [0.4, 0.5) is 17.6 Å². The molecule has 0 spiro atoms. The summed E-state index contributed by atoms with van der Waals surface area (Å²) in [6.45, 7) is 1.97. The van der Waals surface area contributed by atoms with Crippen LogP contribution in [0, 0.1) is 12.7 Å². The molecule has 0 aliphatic heterocycles. The van der Waals surface area contributed by atoms with Crippen LogP contribution in [0.2, 0.25) is 5.15 Å². The molecular weight excluding hydrogens is 374 g/mol. The number of halogens is 5. The van der Waals surface area contributed by atoms with Crippen molar-refractivity contribution in [3.8, 4) is 0 Å². The molecule has 2 aromatic rings. The monoisotopic (exact) mass is 391 g/mol. The van der Waals surface area contributed by atoms with E-state index in [0.29, 0.717) is 12.0 Å². The smallest absolute Gasteiger partial charge is 0.329 e. The summed E-state index contributed by atoms with van der Waals surface area (Å²) in [5, 5.41) is 4.11. The zero-order valence-electron chi connectivity index (χ0n) is 14.3. The third kappa shape index (κ3) is 4.97. The first kappa shape index (κ1) is 20.2. The van der Waals surface area contributed by atoms with Crippen LogP contribution in [-0.2, 0) is 6.54 Å². The second-order valence-electron chi connectivity index (χ2n) is 5.88. The number of alkyl halides is 3. The number of amides is 1. The molecular formula is C17H18ClF4N3O. The number of aryl methyl sites for hydroxylation is 1. The van der Waals surface area contributed by atoms with E-state index in [1.807, 2.05) is 0 Å². The Kier molecular flexibility index (Phi) is 6.28. The molecule has 0 bridgehead atoms. The van der Waals surface area contributed by atoms with Crippen LogP contribution < -0.4 is 0 Å². The topological polar surface area (TPSA) is 38.1 Å². The zero-order valence-corrected chi connectivity index (χ0v) is 15.0. The van der Waals surface area contributed by atoms with Gasteiger partial charge in [0.05, 0.1) is 17.8 Å². The molecule has 4 nitrogen and oxygen atoms in total. The van der Waals surface area contributed by atoms with Gasteiger partial charge in [-0.2, -0.15) is 18.3 Å². The highest BCUT2D eigenvalue weighted by Crippen LogP contribution is 2.25. The minimum atomic E-state index is -4.50. The fourth-order valence-corrected chi connectivity index (χ4v) is 2.88. The lowest BCUT2D eigenvalue weighted by Crippen LogP contribution is -2.39. The zero-order chi connectivity index (χ0) is 19.5. The van der Waals surface area contributed by atoms with Gasteiger partial charge in [-0.05, 0) is 31.0 Å². The lowest BCUT2D eigenvalue weighted by molar-refractivity contribution is -0.140. The standard InChI is InChI=1S/C17H18ClF4N3O/c1-3-8-24(10-17(20,21)22)16(26)14-11(2)23-25(15(14)18)9-12-4-6-13(19)7-5-12/h4-7H,3,8-10H2,1-2H3. The van der Waals surface area contributed by atoms with Crippen LogP contribution in [0.25, 0.3) is 0 Å². The Labute approximate surface area is 153 Å². The Bertz CT molecular complexity index is 772. The summed E-state index contributed by atoms with van der Waals surface area (Å²) in [5.74, 6) is -1.20. The predicted molar refractivity (Wildman–Crippen MR) is 89.7 cm³/mol. The SMILES string of the molecule is CCCN(CC(F)(F)F)C(=O)c1c(C)nn(Cc2ccc(F)cc2)c1Cl. The summed E-state index contributed by atoms with van der Waals surface area (Å²) in [6.07, 6.45) is -4.13. The maximum absolute atomic E-state index is 13.0. The quantitative estimate of drug-likeness (QED) is 0.682. The van der Waals surface area contributed by atoms with Crippen molar-refractivity contribution in [3.63, 3.8) is 0 Å². The van der Waals surface area contributed by atoms with Crippen molar-refractivity contribution in [3.05, 3.63) is 52.1 Å². The van der Waals surface area contributed by atoms with E-state index in [9.17, 15) is 22.4 Å². The molecule has 9 heteroatoms. The molecule has 2 rings (SSSR count). The van der Waals surface area contributed by atoms with Gasteiger partial charge in [0.25, 0.3) is 5.91 Å². The molecule has 0 fully saturated rings.